The molecule has 0 aliphatic carbocycles. The molecule has 0 saturated heterocycles. The molecular formula is C15H13ClN2O2S. The SMILES string of the molecule is COC(=O)CCCSc1cc(C#N)c2cc(Cl)ccc2n1. The van der Waals surface area contributed by atoms with Crippen LogP contribution in [0.3, 0.4) is 0 Å². The molecule has 2 rings (SSSR count). The second-order valence-corrected chi connectivity index (χ2v) is 5.86. The Bertz CT molecular complexity index is 713. The quantitative estimate of drug-likeness (QED) is 0.476. The molecule has 0 saturated carbocycles. The molecule has 0 amide bonds. The van der Waals surface area contributed by atoms with Crippen LogP contribution in [0.2, 0.25) is 5.02 Å². The Morgan fingerprint density at radius 3 is 3.00 bits per heavy atom. The minimum Gasteiger partial charge on any atom is -0.469 e. The molecule has 0 radical (unpaired) electrons. The molecule has 0 atom stereocenters. The van der Waals surface area contributed by atoms with Gasteiger partial charge in [0.25, 0.3) is 0 Å². The molecule has 0 bridgehead atoms. The van der Waals surface area contributed by atoms with E-state index in [0.717, 1.165) is 21.7 Å². The fraction of sp³-hybridized carbons (Fsp3) is 0.267. The molecule has 4 nitrogen and oxygen atoms in total. The number of hydrogen-bond donors (Lipinski definition) is 0. The summed E-state index contributed by atoms with van der Waals surface area (Å²) >= 11 is 7.47. The number of nitrogens with zero attached hydrogens (tertiary/aromatic N) is 2. The van der Waals surface area contributed by atoms with Gasteiger partial charge in [-0.15, -0.1) is 11.8 Å². The summed E-state index contributed by atoms with van der Waals surface area (Å²) in [6.07, 6.45) is 1.09. The number of thioether (sulfide) groups is 1. The van der Waals surface area contributed by atoms with Gasteiger partial charge in [0.15, 0.2) is 0 Å². The van der Waals surface area contributed by atoms with Gasteiger partial charge in [0, 0.05) is 22.6 Å². The first-order valence-electron chi connectivity index (χ1n) is 6.34. The molecule has 0 spiro atoms. The van der Waals surface area contributed by atoms with Crippen molar-refractivity contribution in [3.05, 3.63) is 34.9 Å². The van der Waals surface area contributed by atoms with Gasteiger partial charge in [0.2, 0.25) is 0 Å². The summed E-state index contributed by atoms with van der Waals surface area (Å²) in [5, 5.41) is 11.3. The number of esters is 1. The zero-order chi connectivity index (χ0) is 15.2. The summed E-state index contributed by atoms with van der Waals surface area (Å²) in [6, 6.07) is 9.22. The van der Waals surface area contributed by atoms with Gasteiger partial charge in [-0.3, -0.25) is 4.79 Å². The normalized spacial score (nSPS) is 10.3. The lowest BCUT2D eigenvalue weighted by molar-refractivity contribution is -0.140. The summed E-state index contributed by atoms with van der Waals surface area (Å²) in [6.45, 7) is 0. The van der Waals surface area contributed by atoms with Crippen LogP contribution in [0.5, 0.6) is 0 Å². The second-order valence-electron chi connectivity index (χ2n) is 4.31. The van der Waals surface area contributed by atoms with E-state index >= 15 is 0 Å². The summed E-state index contributed by atoms with van der Waals surface area (Å²) in [5.41, 5.74) is 1.30. The maximum Gasteiger partial charge on any atom is 0.305 e. The van der Waals surface area contributed by atoms with Crippen LogP contribution in [-0.2, 0) is 9.53 Å². The lowest BCUT2D eigenvalue weighted by Gasteiger charge is -2.05. The fourth-order valence-electron chi connectivity index (χ4n) is 1.84. The maximum atomic E-state index is 11.0. The highest BCUT2D eigenvalue weighted by Crippen LogP contribution is 2.26. The van der Waals surface area contributed by atoms with Crippen molar-refractivity contribution in [2.45, 2.75) is 17.9 Å². The molecule has 2 aromatic rings. The molecule has 21 heavy (non-hydrogen) atoms. The van der Waals surface area contributed by atoms with Crippen molar-refractivity contribution in [1.82, 2.24) is 4.98 Å². The average molecular weight is 321 g/mol. The number of carbonyl (C=O) groups is 1. The minimum atomic E-state index is -0.213. The first-order valence-corrected chi connectivity index (χ1v) is 7.70. The molecule has 0 unspecified atom stereocenters. The zero-order valence-corrected chi connectivity index (χ0v) is 13.0. The van der Waals surface area contributed by atoms with Crippen molar-refractivity contribution in [2.75, 3.05) is 12.9 Å². The monoisotopic (exact) mass is 320 g/mol. The molecule has 1 aromatic carbocycles. The van der Waals surface area contributed by atoms with Gasteiger partial charge in [-0.2, -0.15) is 5.26 Å². The number of benzene rings is 1. The van der Waals surface area contributed by atoms with Crippen molar-refractivity contribution < 1.29 is 9.53 Å². The van der Waals surface area contributed by atoms with Gasteiger partial charge < -0.3 is 4.74 Å². The van der Waals surface area contributed by atoms with E-state index in [-0.39, 0.29) is 5.97 Å². The summed E-state index contributed by atoms with van der Waals surface area (Å²) in [7, 11) is 1.38. The van der Waals surface area contributed by atoms with E-state index in [4.69, 9.17) is 11.6 Å². The van der Waals surface area contributed by atoms with E-state index in [9.17, 15) is 10.1 Å². The Hall–Kier alpha value is -1.77. The molecule has 0 aliphatic heterocycles. The van der Waals surface area contributed by atoms with E-state index in [1.807, 2.05) is 0 Å². The van der Waals surface area contributed by atoms with E-state index in [2.05, 4.69) is 15.8 Å². The van der Waals surface area contributed by atoms with Crippen molar-refractivity contribution in [3.63, 3.8) is 0 Å². The van der Waals surface area contributed by atoms with Gasteiger partial charge >= 0.3 is 5.97 Å². The van der Waals surface area contributed by atoms with Gasteiger partial charge in [0.1, 0.15) is 0 Å². The van der Waals surface area contributed by atoms with Crippen molar-refractivity contribution in [1.29, 1.82) is 5.26 Å². The smallest absolute Gasteiger partial charge is 0.305 e. The van der Waals surface area contributed by atoms with Crippen molar-refractivity contribution >= 4 is 40.2 Å². The van der Waals surface area contributed by atoms with E-state index in [0.29, 0.717) is 23.4 Å². The largest absolute Gasteiger partial charge is 0.469 e. The van der Waals surface area contributed by atoms with Gasteiger partial charge in [-0.05, 0) is 30.7 Å². The molecular weight excluding hydrogens is 308 g/mol. The topological polar surface area (TPSA) is 63.0 Å². The van der Waals surface area contributed by atoms with Crippen LogP contribution in [0.15, 0.2) is 29.3 Å². The van der Waals surface area contributed by atoms with Crippen LogP contribution in [0, 0.1) is 11.3 Å². The third-order valence-corrected chi connectivity index (χ3v) is 4.10. The van der Waals surface area contributed by atoms with Crippen LogP contribution in [0.1, 0.15) is 18.4 Å². The maximum absolute atomic E-state index is 11.0. The average Bonchev–Trinajstić information content (AvgIpc) is 2.50. The molecule has 1 heterocycles. The third kappa shape index (κ3) is 4.10. The standard InChI is InChI=1S/C15H13ClN2O2S/c1-20-15(19)3-2-6-21-14-7-10(9-17)12-8-11(16)4-5-13(12)18-14/h4-5,7-8H,2-3,6H2,1H3. The van der Waals surface area contributed by atoms with Crippen molar-refractivity contribution in [3.8, 4) is 6.07 Å². The van der Waals surface area contributed by atoms with E-state index in [1.165, 1.54) is 18.9 Å². The summed E-state index contributed by atoms with van der Waals surface area (Å²) < 4.78 is 4.59. The predicted octanol–water partition coefficient (Wildman–Crippen LogP) is 3.81. The van der Waals surface area contributed by atoms with Gasteiger partial charge in [0.05, 0.1) is 29.3 Å². The number of hydrogen-bond acceptors (Lipinski definition) is 5. The molecule has 108 valence electrons. The van der Waals surface area contributed by atoms with Crippen LogP contribution in [-0.4, -0.2) is 23.8 Å². The Morgan fingerprint density at radius 1 is 1.48 bits per heavy atom. The fourth-order valence-corrected chi connectivity index (χ4v) is 2.87. The second kappa shape index (κ2) is 7.30. The Kier molecular flexibility index (Phi) is 5.43. The highest BCUT2D eigenvalue weighted by molar-refractivity contribution is 7.99. The van der Waals surface area contributed by atoms with E-state index in [1.54, 1.807) is 24.3 Å². The Morgan fingerprint density at radius 2 is 2.29 bits per heavy atom. The molecule has 0 fully saturated rings. The Balaban J connectivity index is 2.13. The van der Waals surface area contributed by atoms with Crippen molar-refractivity contribution in [2.24, 2.45) is 0 Å². The highest BCUT2D eigenvalue weighted by atomic mass is 35.5. The lowest BCUT2D eigenvalue weighted by atomic mass is 10.1. The number of ether oxygens (including phenoxy) is 1. The van der Waals surface area contributed by atoms with Gasteiger partial charge in [-0.1, -0.05) is 11.6 Å². The van der Waals surface area contributed by atoms with Crippen LogP contribution in [0.4, 0.5) is 0 Å². The number of fused-ring (bicyclic) bond motifs is 1. The first-order chi connectivity index (χ1) is 10.1. The van der Waals surface area contributed by atoms with Crippen LogP contribution < -0.4 is 0 Å². The first kappa shape index (κ1) is 15.6. The number of halogens is 1. The minimum absolute atomic E-state index is 0.213. The highest BCUT2D eigenvalue weighted by Gasteiger charge is 2.07. The number of pyridine rings is 1. The molecule has 0 N–H and O–H groups in total. The van der Waals surface area contributed by atoms with Crippen LogP contribution >= 0.6 is 23.4 Å². The zero-order valence-electron chi connectivity index (χ0n) is 11.4. The molecule has 1 aromatic heterocycles. The third-order valence-electron chi connectivity index (χ3n) is 2.87. The molecule has 6 heteroatoms. The lowest BCUT2D eigenvalue weighted by Crippen LogP contribution is -2.00. The van der Waals surface area contributed by atoms with Gasteiger partial charge in [-0.25, -0.2) is 4.98 Å². The number of methoxy groups -OCH3 is 1. The number of aromatic nitrogens is 1. The number of carbonyl (C=O) groups excluding carboxylic acids is 1. The van der Waals surface area contributed by atoms with Crippen LogP contribution in [0.25, 0.3) is 10.9 Å². The Labute approximate surface area is 132 Å². The summed E-state index contributed by atoms with van der Waals surface area (Å²) in [5.74, 6) is 0.529. The number of nitriles is 1. The number of rotatable bonds is 5. The van der Waals surface area contributed by atoms with E-state index < -0.39 is 0 Å². The predicted molar refractivity (Wildman–Crippen MR) is 83.4 cm³/mol. The summed E-state index contributed by atoms with van der Waals surface area (Å²) in [4.78, 5) is 15.5. The molecule has 0 aliphatic rings.